The first kappa shape index (κ1) is 12.0. The summed E-state index contributed by atoms with van der Waals surface area (Å²) in [5, 5.41) is 0. The number of carbonyl (C=O) groups is 2. The van der Waals surface area contributed by atoms with E-state index in [1.54, 1.807) is 0 Å². The summed E-state index contributed by atoms with van der Waals surface area (Å²) in [7, 11) is 0. The van der Waals surface area contributed by atoms with Crippen LogP contribution in [0.4, 0.5) is 0 Å². The molecule has 4 heteroatoms. The average Bonchev–Trinajstić information content (AvgIpc) is 2.28. The molecule has 84 valence electrons. The first-order chi connectivity index (χ1) is 7.72. The zero-order valence-corrected chi connectivity index (χ0v) is 8.76. The third-order valence-corrected chi connectivity index (χ3v) is 1.84. The normalized spacial score (nSPS) is 10.2. The number of rotatable bonds is 5. The molecule has 0 heterocycles. The van der Waals surface area contributed by atoms with Crippen LogP contribution in [0, 0.1) is 0 Å². The van der Waals surface area contributed by atoms with E-state index >= 15 is 0 Å². The highest BCUT2D eigenvalue weighted by atomic mass is 16.5. The molecule has 0 aliphatic heterocycles. The van der Waals surface area contributed by atoms with Gasteiger partial charge in [0.1, 0.15) is 13.0 Å². The lowest BCUT2D eigenvalue weighted by Gasteiger charge is -2.03. The van der Waals surface area contributed by atoms with Crippen LogP contribution in [0.25, 0.3) is 0 Å². The zero-order chi connectivity index (χ0) is 11.8. The van der Waals surface area contributed by atoms with Crippen LogP contribution in [0.2, 0.25) is 0 Å². The molecule has 16 heavy (non-hydrogen) atoms. The molecule has 0 aliphatic carbocycles. The summed E-state index contributed by atoms with van der Waals surface area (Å²) in [6, 6.07) is 9.27. The van der Waals surface area contributed by atoms with E-state index in [0.717, 1.165) is 17.8 Å². The Morgan fingerprint density at radius 2 is 1.94 bits per heavy atom. The van der Waals surface area contributed by atoms with Crippen molar-refractivity contribution < 1.29 is 14.3 Å². The van der Waals surface area contributed by atoms with Crippen LogP contribution in [0.15, 0.2) is 42.6 Å². The second-order valence-electron chi connectivity index (χ2n) is 3.15. The van der Waals surface area contributed by atoms with Crippen LogP contribution >= 0.6 is 0 Å². The lowest BCUT2D eigenvalue weighted by Crippen LogP contribution is -2.09. The number of hydrogen-bond acceptors (Lipinski definition) is 4. The third-order valence-electron chi connectivity index (χ3n) is 1.84. The SMILES string of the molecule is N/C=C\C(=O)CC(=O)OCc1ccccc1. The fourth-order valence-corrected chi connectivity index (χ4v) is 1.10. The van der Waals surface area contributed by atoms with E-state index < -0.39 is 5.97 Å². The molecule has 0 bridgehead atoms. The Kier molecular flexibility index (Phi) is 4.79. The first-order valence-electron chi connectivity index (χ1n) is 4.83. The van der Waals surface area contributed by atoms with Gasteiger partial charge in [-0.05, 0) is 17.8 Å². The third kappa shape index (κ3) is 4.41. The van der Waals surface area contributed by atoms with Gasteiger partial charge in [0.2, 0.25) is 0 Å². The molecule has 2 N–H and O–H groups in total. The minimum atomic E-state index is -0.549. The molecule has 0 radical (unpaired) electrons. The van der Waals surface area contributed by atoms with E-state index in [4.69, 9.17) is 10.5 Å². The number of carbonyl (C=O) groups excluding carboxylic acids is 2. The van der Waals surface area contributed by atoms with Gasteiger partial charge in [-0.3, -0.25) is 9.59 Å². The van der Waals surface area contributed by atoms with E-state index in [1.165, 1.54) is 0 Å². The van der Waals surface area contributed by atoms with Crippen molar-refractivity contribution in [2.45, 2.75) is 13.0 Å². The van der Waals surface area contributed by atoms with Gasteiger partial charge in [0.05, 0.1) is 0 Å². The Labute approximate surface area is 93.7 Å². The molecule has 0 saturated heterocycles. The number of ether oxygens (including phenoxy) is 1. The average molecular weight is 219 g/mol. The van der Waals surface area contributed by atoms with Crippen molar-refractivity contribution in [2.75, 3.05) is 0 Å². The van der Waals surface area contributed by atoms with Crippen molar-refractivity contribution in [2.24, 2.45) is 5.73 Å². The fraction of sp³-hybridized carbons (Fsp3) is 0.167. The van der Waals surface area contributed by atoms with E-state index in [9.17, 15) is 9.59 Å². The Hall–Kier alpha value is -2.10. The minimum Gasteiger partial charge on any atom is -0.460 e. The molecule has 0 aromatic heterocycles. The predicted octanol–water partition coefficient (Wildman–Crippen LogP) is 1.16. The van der Waals surface area contributed by atoms with Crippen LogP contribution in [0.1, 0.15) is 12.0 Å². The summed E-state index contributed by atoms with van der Waals surface area (Å²) in [5.74, 6) is -0.910. The Bertz CT molecular complexity index is 385. The molecule has 0 amide bonds. The topological polar surface area (TPSA) is 69.4 Å². The lowest BCUT2D eigenvalue weighted by molar-refractivity contribution is -0.146. The number of ketones is 1. The summed E-state index contributed by atoms with van der Waals surface area (Å²) < 4.78 is 4.91. The van der Waals surface area contributed by atoms with Gasteiger partial charge in [-0.2, -0.15) is 0 Å². The molecule has 1 aromatic carbocycles. The van der Waals surface area contributed by atoms with Crippen molar-refractivity contribution in [3.63, 3.8) is 0 Å². The lowest BCUT2D eigenvalue weighted by atomic mass is 10.2. The maximum Gasteiger partial charge on any atom is 0.314 e. The van der Waals surface area contributed by atoms with E-state index in [1.807, 2.05) is 30.3 Å². The van der Waals surface area contributed by atoms with Crippen LogP contribution < -0.4 is 5.73 Å². The van der Waals surface area contributed by atoms with Gasteiger partial charge >= 0.3 is 5.97 Å². The first-order valence-corrected chi connectivity index (χ1v) is 4.83. The fourth-order valence-electron chi connectivity index (χ4n) is 1.10. The van der Waals surface area contributed by atoms with Gasteiger partial charge in [-0.25, -0.2) is 0 Å². The maximum absolute atomic E-state index is 11.2. The highest BCUT2D eigenvalue weighted by molar-refractivity contribution is 6.01. The Morgan fingerprint density at radius 3 is 2.56 bits per heavy atom. The number of hydrogen-bond donors (Lipinski definition) is 1. The van der Waals surface area contributed by atoms with Gasteiger partial charge in [-0.1, -0.05) is 30.3 Å². The predicted molar refractivity (Wildman–Crippen MR) is 59.2 cm³/mol. The Balaban J connectivity index is 2.33. The summed E-state index contributed by atoms with van der Waals surface area (Å²) in [6.45, 7) is 0.180. The highest BCUT2D eigenvalue weighted by Gasteiger charge is 2.07. The molecule has 1 rings (SSSR count). The number of nitrogens with two attached hydrogens (primary N) is 1. The summed E-state index contributed by atoms with van der Waals surface area (Å²) >= 11 is 0. The molecule has 0 atom stereocenters. The van der Waals surface area contributed by atoms with Crippen LogP contribution in [-0.2, 0) is 20.9 Å². The minimum absolute atomic E-state index is 0.180. The summed E-state index contributed by atoms with van der Waals surface area (Å²) in [4.78, 5) is 22.2. The molecule has 4 nitrogen and oxygen atoms in total. The van der Waals surface area contributed by atoms with Crippen LogP contribution in [-0.4, -0.2) is 11.8 Å². The molecule has 0 saturated carbocycles. The second-order valence-corrected chi connectivity index (χ2v) is 3.15. The van der Waals surface area contributed by atoms with Gasteiger partial charge in [0, 0.05) is 0 Å². The summed E-state index contributed by atoms with van der Waals surface area (Å²) in [5.41, 5.74) is 5.90. The van der Waals surface area contributed by atoms with Crippen molar-refractivity contribution >= 4 is 11.8 Å². The van der Waals surface area contributed by atoms with Gasteiger partial charge in [0.25, 0.3) is 0 Å². The zero-order valence-electron chi connectivity index (χ0n) is 8.76. The van der Waals surface area contributed by atoms with Crippen LogP contribution in [0.5, 0.6) is 0 Å². The highest BCUT2D eigenvalue weighted by Crippen LogP contribution is 2.01. The largest absolute Gasteiger partial charge is 0.460 e. The maximum atomic E-state index is 11.2. The molecule has 0 fully saturated rings. The second kappa shape index (κ2) is 6.40. The molecule has 0 unspecified atom stereocenters. The van der Waals surface area contributed by atoms with Crippen molar-refractivity contribution in [3.05, 3.63) is 48.2 Å². The van der Waals surface area contributed by atoms with Gasteiger partial charge in [0.15, 0.2) is 5.78 Å². The monoisotopic (exact) mass is 219 g/mol. The van der Waals surface area contributed by atoms with Crippen molar-refractivity contribution in [1.82, 2.24) is 0 Å². The van der Waals surface area contributed by atoms with E-state index in [-0.39, 0.29) is 18.8 Å². The molecular weight excluding hydrogens is 206 g/mol. The van der Waals surface area contributed by atoms with Gasteiger partial charge in [-0.15, -0.1) is 0 Å². The van der Waals surface area contributed by atoms with E-state index in [0.29, 0.717) is 0 Å². The smallest absolute Gasteiger partial charge is 0.314 e. The molecular formula is C12H13NO3. The molecule has 1 aromatic rings. The van der Waals surface area contributed by atoms with Crippen molar-refractivity contribution in [1.29, 1.82) is 0 Å². The number of benzene rings is 1. The Morgan fingerprint density at radius 1 is 1.25 bits per heavy atom. The van der Waals surface area contributed by atoms with Crippen LogP contribution in [0.3, 0.4) is 0 Å². The van der Waals surface area contributed by atoms with E-state index in [2.05, 4.69) is 0 Å². The standard InChI is InChI=1S/C12H13NO3/c13-7-6-11(14)8-12(15)16-9-10-4-2-1-3-5-10/h1-7H,8-9,13H2/b7-6-. The van der Waals surface area contributed by atoms with Crippen molar-refractivity contribution in [3.8, 4) is 0 Å². The quantitative estimate of drug-likeness (QED) is 0.458. The van der Waals surface area contributed by atoms with Gasteiger partial charge < -0.3 is 10.5 Å². The number of allylic oxidation sites excluding steroid dienone is 1. The molecule has 0 spiro atoms. The molecule has 0 aliphatic rings. The summed E-state index contributed by atoms with van der Waals surface area (Å²) in [6.07, 6.45) is 1.97. The number of esters is 1.